The minimum Gasteiger partial charge on any atom is -0.308 e. The monoisotopic (exact) mass is 280 g/mol. The van der Waals surface area contributed by atoms with Crippen LogP contribution >= 0.6 is 11.3 Å². The molecule has 1 heterocycles. The van der Waals surface area contributed by atoms with Gasteiger partial charge in [-0.15, -0.1) is 11.3 Å². The highest BCUT2D eigenvalue weighted by Gasteiger charge is 2.42. The zero-order chi connectivity index (χ0) is 13.7. The van der Waals surface area contributed by atoms with Crippen molar-refractivity contribution in [2.75, 3.05) is 20.6 Å². The first-order valence-electron chi connectivity index (χ1n) is 7.65. The molecule has 3 heteroatoms. The standard InChI is InChI=1S/C16H28N2S/c1-4-12-17-15(14-9-8-13-19-14)16(18(2)3)10-6-5-7-11-16/h8-9,13,15,17H,4-7,10-12H2,1-3H3. The van der Waals surface area contributed by atoms with Crippen LogP contribution in [0.1, 0.15) is 56.4 Å². The van der Waals surface area contributed by atoms with Crippen molar-refractivity contribution in [2.24, 2.45) is 0 Å². The van der Waals surface area contributed by atoms with E-state index >= 15 is 0 Å². The summed E-state index contributed by atoms with van der Waals surface area (Å²) in [5.41, 5.74) is 0.304. The van der Waals surface area contributed by atoms with Gasteiger partial charge in [-0.3, -0.25) is 0 Å². The molecule has 1 aliphatic carbocycles. The number of thiophene rings is 1. The second-order valence-corrected chi connectivity index (χ2v) is 6.94. The first kappa shape index (κ1) is 15.0. The van der Waals surface area contributed by atoms with Crippen molar-refractivity contribution in [3.05, 3.63) is 22.4 Å². The molecule has 108 valence electrons. The third kappa shape index (κ3) is 3.21. The molecule has 1 N–H and O–H groups in total. The average Bonchev–Trinajstić information content (AvgIpc) is 2.94. The fraction of sp³-hybridized carbons (Fsp3) is 0.750. The molecule has 0 spiro atoms. The molecule has 0 bridgehead atoms. The topological polar surface area (TPSA) is 15.3 Å². The molecular formula is C16H28N2S. The van der Waals surface area contributed by atoms with Crippen molar-refractivity contribution in [2.45, 2.75) is 57.0 Å². The minimum atomic E-state index is 0.304. The Labute approximate surface area is 122 Å². The second kappa shape index (κ2) is 6.87. The SMILES string of the molecule is CCCNC(c1cccs1)C1(N(C)C)CCCCC1. The molecule has 2 rings (SSSR count). The molecule has 2 nitrogen and oxygen atoms in total. The van der Waals surface area contributed by atoms with E-state index in [2.05, 4.69) is 48.7 Å². The Hall–Kier alpha value is -0.380. The number of hydrogen-bond acceptors (Lipinski definition) is 3. The van der Waals surface area contributed by atoms with Gasteiger partial charge in [0.2, 0.25) is 0 Å². The van der Waals surface area contributed by atoms with E-state index in [0.29, 0.717) is 11.6 Å². The van der Waals surface area contributed by atoms with E-state index in [4.69, 9.17) is 0 Å². The van der Waals surface area contributed by atoms with E-state index < -0.39 is 0 Å². The number of nitrogens with one attached hydrogen (secondary N) is 1. The van der Waals surface area contributed by atoms with Gasteiger partial charge in [-0.05, 0) is 51.3 Å². The van der Waals surface area contributed by atoms with Gasteiger partial charge in [0.15, 0.2) is 0 Å². The lowest BCUT2D eigenvalue weighted by Gasteiger charge is -2.48. The van der Waals surface area contributed by atoms with Crippen molar-refractivity contribution in [3.8, 4) is 0 Å². The lowest BCUT2D eigenvalue weighted by Crippen LogP contribution is -2.54. The van der Waals surface area contributed by atoms with Gasteiger partial charge in [-0.1, -0.05) is 32.3 Å². The van der Waals surface area contributed by atoms with Crippen LogP contribution in [-0.2, 0) is 0 Å². The number of nitrogens with zero attached hydrogens (tertiary/aromatic N) is 1. The lowest BCUT2D eigenvalue weighted by atomic mass is 9.74. The summed E-state index contributed by atoms with van der Waals surface area (Å²) in [5.74, 6) is 0. The van der Waals surface area contributed by atoms with Gasteiger partial charge in [0.05, 0.1) is 6.04 Å². The molecule has 0 amide bonds. The van der Waals surface area contributed by atoms with Gasteiger partial charge < -0.3 is 10.2 Å². The highest BCUT2D eigenvalue weighted by atomic mass is 32.1. The van der Waals surface area contributed by atoms with E-state index in [0.717, 1.165) is 6.54 Å². The van der Waals surface area contributed by atoms with E-state index in [1.54, 1.807) is 0 Å². The zero-order valence-electron chi connectivity index (χ0n) is 12.6. The first-order valence-corrected chi connectivity index (χ1v) is 8.53. The smallest absolute Gasteiger partial charge is 0.0601 e. The number of hydrogen-bond donors (Lipinski definition) is 1. The maximum Gasteiger partial charge on any atom is 0.0601 e. The van der Waals surface area contributed by atoms with E-state index in [1.807, 2.05) is 11.3 Å². The van der Waals surface area contributed by atoms with Gasteiger partial charge in [0.1, 0.15) is 0 Å². The largest absolute Gasteiger partial charge is 0.308 e. The number of likely N-dealkylation sites (N-methyl/N-ethyl adjacent to an activating group) is 1. The van der Waals surface area contributed by atoms with E-state index in [9.17, 15) is 0 Å². The van der Waals surface area contributed by atoms with Crippen LogP contribution in [0, 0.1) is 0 Å². The van der Waals surface area contributed by atoms with Gasteiger partial charge in [-0.25, -0.2) is 0 Å². The normalized spacial score (nSPS) is 20.6. The Morgan fingerprint density at radius 3 is 2.58 bits per heavy atom. The van der Waals surface area contributed by atoms with Crippen molar-refractivity contribution in [1.29, 1.82) is 0 Å². The predicted molar refractivity (Wildman–Crippen MR) is 84.9 cm³/mol. The first-order chi connectivity index (χ1) is 9.20. The summed E-state index contributed by atoms with van der Waals surface area (Å²) in [7, 11) is 4.53. The highest BCUT2D eigenvalue weighted by molar-refractivity contribution is 7.10. The van der Waals surface area contributed by atoms with Crippen molar-refractivity contribution in [1.82, 2.24) is 10.2 Å². The Kier molecular flexibility index (Phi) is 5.43. The third-order valence-corrected chi connectivity index (χ3v) is 5.51. The molecular weight excluding hydrogens is 252 g/mol. The molecule has 0 aromatic carbocycles. The van der Waals surface area contributed by atoms with Crippen LogP contribution in [0.5, 0.6) is 0 Å². The summed E-state index contributed by atoms with van der Waals surface area (Å²) in [6.07, 6.45) is 7.98. The summed E-state index contributed by atoms with van der Waals surface area (Å²) in [5, 5.41) is 6.04. The molecule has 1 aromatic rings. The number of rotatable bonds is 6. The Bertz CT molecular complexity index is 353. The van der Waals surface area contributed by atoms with Crippen LogP contribution in [0.4, 0.5) is 0 Å². The molecule has 0 aliphatic heterocycles. The summed E-state index contributed by atoms with van der Waals surface area (Å²) in [4.78, 5) is 3.99. The summed E-state index contributed by atoms with van der Waals surface area (Å²) in [6, 6.07) is 4.98. The van der Waals surface area contributed by atoms with Crippen LogP contribution < -0.4 is 5.32 Å². The van der Waals surface area contributed by atoms with Gasteiger partial charge in [0, 0.05) is 10.4 Å². The fourth-order valence-electron chi connectivity index (χ4n) is 3.46. The lowest BCUT2D eigenvalue weighted by molar-refractivity contribution is 0.0577. The van der Waals surface area contributed by atoms with Crippen LogP contribution in [0.15, 0.2) is 17.5 Å². The maximum atomic E-state index is 3.83. The van der Waals surface area contributed by atoms with Crippen molar-refractivity contribution in [3.63, 3.8) is 0 Å². The Morgan fingerprint density at radius 2 is 2.05 bits per heavy atom. The predicted octanol–water partition coefficient (Wildman–Crippen LogP) is 4.05. The fourth-order valence-corrected chi connectivity index (χ4v) is 4.37. The molecule has 1 fully saturated rings. The third-order valence-electron chi connectivity index (χ3n) is 4.57. The van der Waals surface area contributed by atoms with Crippen LogP contribution in [0.3, 0.4) is 0 Å². The van der Waals surface area contributed by atoms with Crippen molar-refractivity contribution < 1.29 is 0 Å². The summed E-state index contributed by atoms with van der Waals surface area (Å²) >= 11 is 1.90. The summed E-state index contributed by atoms with van der Waals surface area (Å²) in [6.45, 7) is 3.36. The quantitative estimate of drug-likeness (QED) is 0.845. The van der Waals surface area contributed by atoms with Gasteiger partial charge in [-0.2, -0.15) is 0 Å². The Balaban J connectivity index is 2.27. The van der Waals surface area contributed by atoms with E-state index in [-0.39, 0.29) is 0 Å². The maximum absolute atomic E-state index is 3.83. The second-order valence-electron chi connectivity index (χ2n) is 5.96. The Morgan fingerprint density at radius 1 is 1.32 bits per heavy atom. The molecule has 1 saturated carbocycles. The molecule has 0 radical (unpaired) electrons. The molecule has 1 aromatic heterocycles. The average molecular weight is 280 g/mol. The highest BCUT2D eigenvalue weighted by Crippen LogP contribution is 2.43. The molecule has 1 aliphatic rings. The van der Waals surface area contributed by atoms with Gasteiger partial charge >= 0.3 is 0 Å². The molecule has 19 heavy (non-hydrogen) atoms. The van der Waals surface area contributed by atoms with Gasteiger partial charge in [0.25, 0.3) is 0 Å². The zero-order valence-corrected chi connectivity index (χ0v) is 13.4. The van der Waals surface area contributed by atoms with Crippen molar-refractivity contribution >= 4 is 11.3 Å². The van der Waals surface area contributed by atoms with E-state index in [1.165, 1.54) is 43.4 Å². The molecule has 1 unspecified atom stereocenters. The van der Waals surface area contributed by atoms with Crippen LogP contribution in [0.25, 0.3) is 0 Å². The van der Waals surface area contributed by atoms with Crippen LogP contribution in [0.2, 0.25) is 0 Å². The minimum absolute atomic E-state index is 0.304. The molecule has 0 saturated heterocycles. The summed E-state index contributed by atoms with van der Waals surface area (Å²) < 4.78 is 0. The van der Waals surface area contributed by atoms with Crippen LogP contribution in [-0.4, -0.2) is 31.1 Å². The molecule has 1 atom stereocenters.